The number of rotatable bonds is 4. The maximum absolute atomic E-state index is 12.7. The summed E-state index contributed by atoms with van der Waals surface area (Å²) in [5, 5.41) is 4.22. The Bertz CT molecular complexity index is 712. The van der Waals surface area contributed by atoms with Crippen LogP contribution >= 0.6 is 0 Å². The summed E-state index contributed by atoms with van der Waals surface area (Å²) in [5.74, 6) is 0.00188. The predicted molar refractivity (Wildman–Crippen MR) is 83.7 cm³/mol. The fourth-order valence-corrected chi connectivity index (χ4v) is 2.94. The largest absolute Gasteiger partial charge is 0.356 e. The van der Waals surface area contributed by atoms with Gasteiger partial charge in [-0.2, -0.15) is 5.10 Å². The minimum absolute atomic E-state index is 0.00675. The molecule has 0 amide bonds. The lowest BCUT2D eigenvalue weighted by Crippen LogP contribution is -2.25. The average Bonchev–Trinajstić information content (AvgIpc) is 3.24. The van der Waals surface area contributed by atoms with Crippen LogP contribution in [0.5, 0.6) is 0 Å². The van der Waals surface area contributed by atoms with Crippen LogP contribution in [0.3, 0.4) is 0 Å². The number of nitrogens with zero attached hydrogens (tertiary/aromatic N) is 1. The summed E-state index contributed by atoms with van der Waals surface area (Å²) in [6.45, 7) is 0.661. The van der Waals surface area contributed by atoms with E-state index < -0.39 is 6.10 Å². The molecule has 1 saturated heterocycles. The lowest BCUT2D eigenvalue weighted by Gasteiger charge is -2.10. The Balaban J connectivity index is 1.52. The third-order valence-corrected chi connectivity index (χ3v) is 4.16. The molecule has 2 aromatic rings. The monoisotopic (exact) mass is 292 g/mol. The number of ether oxygens (including phenoxy) is 1. The van der Waals surface area contributed by atoms with Crippen molar-refractivity contribution in [2.75, 3.05) is 6.54 Å². The summed E-state index contributed by atoms with van der Waals surface area (Å²) in [5.41, 5.74) is 5.68. The molecule has 0 radical (unpaired) electrons. The van der Waals surface area contributed by atoms with Gasteiger partial charge in [-0.15, -0.1) is 0 Å². The van der Waals surface area contributed by atoms with Gasteiger partial charge in [-0.1, -0.05) is 60.7 Å². The third kappa shape index (κ3) is 2.31. The fourth-order valence-electron chi connectivity index (χ4n) is 2.94. The highest BCUT2D eigenvalue weighted by molar-refractivity contribution is 6.44. The predicted octanol–water partition coefficient (Wildman–Crippen LogP) is 2.44. The molecular weight excluding hydrogens is 276 g/mol. The maximum atomic E-state index is 12.7. The van der Waals surface area contributed by atoms with Crippen LogP contribution in [0.2, 0.25) is 0 Å². The lowest BCUT2D eigenvalue weighted by atomic mass is 9.91. The number of hydrogen-bond donors (Lipinski definition) is 1. The van der Waals surface area contributed by atoms with Gasteiger partial charge in [-0.05, 0) is 11.1 Å². The van der Waals surface area contributed by atoms with Gasteiger partial charge in [0.15, 0.2) is 6.10 Å². The second kappa shape index (κ2) is 5.39. The molecule has 0 bridgehead atoms. The van der Waals surface area contributed by atoms with Crippen molar-refractivity contribution in [1.29, 1.82) is 0 Å². The number of ketones is 1. The van der Waals surface area contributed by atoms with E-state index in [2.05, 4.69) is 10.5 Å². The van der Waals surface area contributed by atoms with E-state index in [9.17, 15) is 4.79 Å². The van der Waals surface area contributed by atoms with Gasteiger partial charge in [-0.25, -0.2) is 0 Å². The Labute approximate surface area is 128 Å². The Hall–Kier alpha value is -2.46. The van der Waals surface area contributed by atoms with Crippen LogP contribution in [-0.4, -0.2) is 24.1 Å². The molecule has 0 spiro atoms. The lowest BCUT2D eigenvalue weighted by molar-refractivity contribution is -0.114. The van der Waals surface area contributed by atoms with Crippen molar-refractivity contribution < 1.29 is 9.53 Å². The van der Waals surface area contributed by atoms with E-state index >= 15 is 0 Å². The normalized spacial score (nSPS) is 26.2. The molecule has 22 heavy (non-hydrogen) atoms. The first-order valence-electron chi connectivity index (χ1n) is 7.44. The van der Waals surface area contributed by atoms with E-state index in [1.165, 1.54) is 0 Å². The quantitative estimate of drug-likeness (QED) is 0.881. The van der Waals surface area contributed by atoms with Crippen LogP contribution in [0.4, 0.5) is 0 Å². The first-order valence-corrected chi connectivity index (χ1v) is 7.44. The molecule has 4 rings (SSSR count). The van der Waals surface area contributed by atoms with Crippen LogP contribution < -0.4 is 5.43 Å². The van der Waals surface area contributed by atoms with E-state index in [1.54, 1.807) is 0 Å². The average molecular weight is 292 g/mol. The van der Waals surface area contributed by atoms with E-state index in [-0.39, 0.29) is 17.8 Å². The first-order chi connectivity index (χ1) is 10.8. The molecule has 110 valence electrons. The first kappa shape index (κ1) is 13.2. The highest BCUT2D eigenvalue weighted by Gasteiger charge is 2.49. The minimum atomic E-state index is -0.396. The smallest absolute Gasteiger partial charge is 0.211 e. The van der Waals surface area contributed by atoms with Gasteiger partial charge in [-0.3, -0.25) is 4.79 Å². The van der Waals surface area contributed by atoms with Crippen molar-refractivity contribution in [1.82, 2.24) is 5.43 Å². The number of carbonyl (C=O) groups excluding carboxylic acids is 1. The molecule has 2 aliphatic heterocycles. The second-order valence-electron chi connectivity index (χ2n) is 5.57. The second-order valence-corrected chi connectivity index (χ2v) is 5.57. The van der Waals surface area contributed by atoms with Gasteiger partial charge in [0, 0.05) is 6.54 Å². The Morgan fingerprint density at radius 3 is 2.32 bits per heavy atom. The Morgan fingerprint density at radius 2 is 1.64 bits per heavy atom. The van der Waals surface area contributed by atoms with Gasteiger partial charge in [0.25, 0.3) is 0 Å². The summed E-state index contributed by atoms with van der Waals surface area (Å²) in [6, 6.07) is 19.8. The van der Waals surface area contributed by atoms with Crippen molar-refractivity contribution in [3.8, 4) is 0 Å². The summed E-state index contributed by atoms with van der Waals surface area (Å²) in [7, 11) is 0. The topological polar surface area (TPSA) is 54.0 Å². The Morgan fingerprint density at radius 1 is 1.00 bits per heavy atom. The summed E-state index contributed by atoms with van der Waals surface area (Å²) in [6.07, 6.45) is -0.527. The number of hydrogen-bond acceptors (Lipinski definition) is 4. The third-order valence-electron chi connectivity index (χ3n) is 4.16. The molecule has 4 nitrogen and oxygen atoms in total. The number of nitrogens with one attached hydrogen (secondary N) is 1. The molecule has 4 heteroatoms. The molecule has 1 fully saturated rings. The van der Waals surface area contributed by atoms with Crippen molar-refractivity contribution in [2.45, 2.75) is 18.1 Å². The van der Waals surface area contributed by atoms with Gasteiger partial charge in [0.05, 0.1) is 5.92 Å². The Kier molecular flexibility index (Phi) is 3.24. The number of Topliss-reactive ketones (excluding diaryl/α,β-unsaturated/α-hetero) is 1. The zero-order chi connectivity index (χ0) is 14.9. The van der Waals surface area contributed by atoms with Gasteiger partial charge >= 0.3 is 0 Å². The van der Waals surface area contributed by atoms with Crippen molar-refractivity contribution >= 4 is 11.5 Å². The van der Waals surface area contributed by atoms with Crippen LogP contribution in [0.1, 0.15) is 23.1 Å². The molecule has 0 aliphatic carbocycles. The van der Waals surface area contributed by atoms with Crippen LogP contribution in [0.15, 0.2) is 65.8 Å². The van der Waals surface area contributed by atoms with Crippen LogP contribution in [-0.2, 0) is 9.53 Å². The SMILES string of the molecule is O=C(C1=NNCC1c1ccccc1)C1OC1c1ccccc1. The van der Waals surface area contributed by atoms with Crippen LogP contribution in [0.25, 0.3) is 0 Å². The summed E-state index contributed by atoms with van der Waals surface area (Å²) < 4.78 is 5.60. The molecule has 1 N–H and O–H groups in total. The standard InChI is InChI=1S/C18H16N2O2/c21-16(18-17(22-18)13-9-5-2-6-10-13)15-14(11-19-20-15)12-7-3-1-4-8-12/h1-10,14,17-19H,11H2. The van der Waals surface area contributed by atoms with E-state index in [0.717, 1.165) is 11.1 Å². The van der Waals surface area contributed by atoms with Crippen molar-refractivity contribution in [2.24, 2.45) is 5.10 Å². The highest BCUT2D eigenvalue weighted by atomic mass is 16.6. The molecular formula is C18H16N2O2. The van der Waals surface area contributed by atoms with Gasteiger partial charge in [0.1, 0.15) is 11.8 Å². The zero-order valence-corrected chi connectivity index (χ0v) is 12.0. The minimum Gasteiger partial charge on any atom is -0.356 e. The molecule has 3 atom stereocenters. The number of hydrazone groups is 1. The van der Waals surface area contributed by atoms with Gasteiger partial charge in [0.2, 0.25) is 5.78 Å². The molecule has 2 aliphatic rings. The van der Waals surface area contributed by atoms with Crippen molar-refractivity contribution in [3.05, 3.63) is 71.8 Å². The fraction of sp³-hybridized carbons (Fsp3) is 0.222. The van der Waals surface area contributed by atoms with Crippen molar-refractivity contribution in [3.63, 3.8) is 0 Å². The number of benzene rings is 2. The zero-order valence-electron chi connectivity index (χ0n) is 12.0. The molecule has 2 aromatic carbocycles. The molecule has 0 aromatic heterocycles. The maximum Gasteiger partial charge on any atom is 0.211 e. The van der Waals surface area contributed by atoms with Crippen LogP contribution in [0, 0.1) is 0 Å². The highest BCUT2D eigenvalue weighted by Crippen LogP contribution is 2.40. The van der Waals surface area contributed by atoms with E-state index in [1.807, 2.05) is 60.7 Å². The van der Waals surface area contributed by atoms with Gasteiger partial charge < -0.3 is 10.2 Å². The number of epoxide rings is 1. The molecule has 2 heterocycles. The summed E-state index contributed by atoms with van der Waals surface area (Å²) >= 11 is 0. The number of carbonyl (C=O) groups is 1. The molecule has 0 saturated carbocycles. The van der Waals surface area contributed by atoms with E-state index in [0.29, 0.717) is 12.3 Å². The summed E-state index contributed by atoms with van der Waals surface area (Å²) in [4.78, 5) is 12.7. The van der Waals surface area contributed by atoms with E-state index in [4.69, 9.17) is 4.74 Å². The molecule has 3 unspecified atom stereocenters.